The van der Waals surface area contributed by atoms with Crippen molar-refractivity contribution >= 4 is 16.3 Å². The van der Waals surface area contributed by atoms with Gasteiger partial charge in [-0.1, -0.05) is 25.2 Å². The standard InChI is InChI=1S/C8H13N2S/c1-3-5-9-8-7(4-2)10-6-11-8/h9H,3-5H2,1-2H3. The van der Waals surface area contributed by atoms with Gasteiger partial charge in [-0.3, -0.25) is 0 Å². The molecule has 1 radical (unpaired) electrons. The zero-order valence-corrected chi connectivity index (χ0v) is 7.79. The number of hydrogen-bond donors (Lipinski definition) is 1. The first-order valence-electron chi connectivity index (χ1n) is 3.98. The van der Waals surface area contributed by atoms with Crippen LogP contribution in [-0.2, 0) is 6.42 Å². The highest BCUT2D eigenvalue weighted by atomic mass is 32.1. The van der Waals surface area contributed by atoms with Crippen molar-refractivity contribution in [3.05, 3.63) is 11.2 Å². The van der Waals surface area contributed by atoms with Crippen LogP contribution in [0.3, 0.4) is 0 Å². The van der Waals surface area contributed by atoms with Crippen molar-refractivity contribution < 1.29 is 0 Å². The lowest BCUT2D eigenvalue weighted by Crippen LogP contribution is -1.99. The molecule has 61 valence electrons. The lowest BCUT2D eigenvalue weighted by Gasteiger charge is -2.01. The Bertz CT molecular complexity index is 208. The summed E-state index contributed by atoms with van der Waals surface area (Å²) in [5.41, 5.74) is 4.03. The molecule has 0 saturated heterocycles. The number of aryl methyl sites for hydroxylation is 1. The molecule has 0 aliphatic heterocycles. The van der Waals surface area contributed by atoms with Crippen LogP contribution in [0.1, 0.15) is 26.0 Å². The van der Waals surface area contributed by atoms with E-state index in [1.54, 1.807) is 11.3 Å². The molecule has 0 aromatic carbocycles. The summed E-state index contributed by atoms with van der Waals surface area (Å²) in [5.74, 6) is 0. The zero-order valence-electron chi connectivity index (χ0n) is 6.98. The van der Waals surface area contributed by atoms with Gasteiger partial charge >= 0.3 is 0 Å². The number of thiazole rings is 1. The van der Waals surface area contributed by atoms with Crippen LogP contribution in [-0.4, -0.2) is 11.5 Å². The van der Waals surface area contributed by atoms with E-state index in [4.69, 9.17) is 0 Å². The molecule has 0 atom stereocenters. The van der Waals surface area contributed by atoms with Crippen LogP contribution in [0.4, 0.5) is 5.00 Å². The van der Waals surface area contributed by atoms with Crippen LogP contribution in [0.15, 0.2) is 0 Å². The summed E-state index contributed by atoms with van der Waals surface area (Å²) >= 11 is 1.57. The summed E-state index contributed by atoms with van der Waals surface area (Å²) < 4.78 is 0. The van der Waals surface area contributed by atoms with Gasteiger partial charge in [0.05, 0.1) is 5.69 Å². The van der Waals surface area contributed by atoms with Gasteiger partial charge < -0.3 is 5.32 Å². The summed E-state index contributed by atoms with van der Waals surface area (Å²) in [4.78, 5) is 4.12. The fourth-order valence-electron chi connectivity index (χ4n) is 0.849. The Labute approximate surface area is 71.7 Å². The Kier molecular flexibility index (Phi) is 3.36. The van der Waals surface area contributed by atoms with E-state index >= 15 is 0 Å². The van der Waals surface area contributed by atoms with E-state index in [-0.39, 0.29) is 0 Å². The molecule has 3 heteroatoms. The van der Waals surface area contributed by atoms with Gasteiger partial charge in [-0.25, -0.2) is 4.98 Å². The van der Waals surface area contributed by atoms with Crippen molar-refractivity contribution in [1.82, 2.24) is 4.98 Å². The molecule has 1 aromatic rings. The van der Waals surface area contributed by atoms with Gasteiger partial charge in [-0.15, -0.1) is 0 Å². The Morgan fingerprint density at radius 3 is 3.00 bits per heavy atom. The van der Waals surface area contributed by atoms with E-state index < -0.39 is 0 Å². The molecule has 0 unspecified atom stereocenters. The lowest BCUT2D eigenvalue weighted by atomic mass is 10.3. The van der Waals surface area contributed by atoms with Gasteiger partial charge in [-0.2, -0.15) is 0 Å². The van der Waals surface area contributed by atoms with Crippen molar-refractivity contribution in [2.45, 2.75) is 26.7 Å². The van der Waals surface area contributed by atoms with Gasteiger partial charge in [0, 0.05) is 6.54 Å². The molecule has 0 aliphatic rings. The molecular weight excluding hydrogens is 156 g/mol. The first-order chi connectivity index (χ1) is 5.38. The molecule has 1 aromatic heterocycles. The highest BCUT2D eigenvalue weighted by Crippen LogP contribution is 2.19. The lowest BCUT2D eigenvalue weighted by molar-refractivity contribution is 0.971. The molecule has 0 amide bonds. The second kappa shape index (κ2) is 4.34. The summed E-state index contributed by atoms with van der Waals surface area (Å²) in [6.45, 7) is 5.30. The Morgan fingerprint density at radius 1 is 1.55 bits per heavy atom. The summed E-state index contributed by atoms with van der Waals surface area (Å²) in [7, 11) is 0. The van der Waals surface area contributed by atoms with Crippen LogP contribution in [0, 0.1) is 5.51 Å². The van der Waals surface area contributed by atoms with Gasteiger partial charge in [0.1, 0.15) is 5.00 Å². The van der Waals surface area contributed by atoms with E-state index in [9.17, 15) is 0 Å². The number of hydrogen-bond acceptors (Lipinski definition) is 3. The average molecular weight is 169 g/mol. The van der Waals surface area contributed by atoms with Gasteiger partial charge in [0.25, 0.3) is 0 Å². The minimum Gasteiger partial charge on any atom is -0.375 e. The SMILES string of the molecule is CCCNc1s[c]nc1CC. The van der Waals surface area contributed by atoms with Crippen LogP contribution >= 0.6 is 11.3 Å². The summed E-state index contributed by atoms with van der Waals surface area (Å²) in [5, 5.41) is 4.51. The van der Waals surface area contributed by atoms with Gasteiger partial charge in [0.2, 0.25) is 0 Å². The fraction of sp³-hybridized carbons (Fsp3) is 0.625. The Hall–Kier alpha value is -0.570. The topological polar surface area (TPSA) is 24.9 Å². The second-order valence-electron chi connectivity index (χ2n) is 2.36. The molecule has 1 N–H and O–H groups in total. The maximum atomic E-state index is 4.12. The van der Waals surface area contributed by atoms with E-state index in [1.165, 1.54) is 5.00 Å². The molecule has 0 saturated carbocycles. The molecule has 1 heterocycles. The predicted octanol–water partition coefficient (Wildman–Crippen LogP) is 2.33. The number of rotatable bonds is 4. The molecule has 0 bridgehead atoms. The van der Waals surface area contributed by atoms with Crippen molar-refractivity contribution in [3.8, 4) is 0 Å². The van der Waals surface area contributed by atoms with E-state index in [2.05, 4.69) is 29.7 Å². The zero-order chi connectivity index (χ0) is 8.10. The maximum Gasteiger partial charge on any atom is 0.154 e. The molecule has 2 nitrogen and oxygen atoms in total. The number of nitrogens with zero attached hydrogens (tertiary/aromatic N) is 1. The maximum absolute atomic E-state index is 4.12. The highest BCUT2D eigenvalue weighted by Gasteiger charge is 2.01. The van der Waals surface area contributed by atoms with Crippen molar-refractivity contribution in [3.63, 3.8) is 0 Å². The fourth-order valence-corrected chi connectivity index (χ4v) is 1.58. The number of nitrogens with one attached hydrogen (secondary N) is 1. The van der Waals surface area contributed by atoms with Crippen molar-refractivity contribution in [1.29, 1.82) is 0 Å². The Balaban J connectivity index is 2.54. The van der Waals surface area contributed by atoms with Crippen LogP contribution < -0.4 is 5.32 Å². The normalized spacial score (nSPS) is 10.0. The first-order valence-corrected chi connectivity index (χ1v) is 4.79. The third-order valence-electron chi connectivity index (χ3n) is 1.46. The first kappa shape index (κ1) is 8.53. The third-order valence-corrected chi connectivity index (χ3v) is 2.23. The minimum absolute atomic E-state index is 0.992. The molecule has 0 fully saturated rings. The molecular formula is C8H13N2S. The van der Waals surface area contributed by atoms with Gasteiger partial charge in [-0.05, 0) is 12.8 Å². The second-order valence-corrected chi connectivity index (χ2v) is 3.16. The van der Waals surface area contributed by atoms with E-state index in [0.717, 1.165) is 25.1 Å². The quantitative estimate of drug-likeness (QED) is 0.748. The molecule has 1 rings (SSSR count). The largest absolute Gasteiger partial charge is 0.375 e. The van der Waals surface area contributed by atoms with Crippen LogP contribution in [0.2, 0.25) is 0 Å². The van der Waals surface area contributed by atoms with Crippen molar-refractivity contribution in [2.24, 2.45) is 0 Å². The van der Waals surface area contributed by atoms with E-state index in [0.29, 0.717) is 0 Å². The van der Waals surface area contributed by atoms with E-state index in [1.807, 2.05) is 0 Å². The highest BCUT2D eigenvalue weighted by molar-refractivity contribution is 7.13. The Morgan fingerprint density at radius 2 is 2.36 bits per heavy atom. The molecule has 0 aliphatic carbocycles. The van der Waals surface area contributed by atoms with Crippen molar-refractivity contribution in [2.75, 3.05) is 11.9 Å². The average Bonchev–Trinajstić information content (AvgIpc) is 2.47. The smallest absolute Gasteiger partial charge is 0.154 e. The van der Waals surface area contributed by atoms with Crippen LogP contribution in [0.25, 0.3) is 0 Å². The summed E-state index contributed by atoms with van der Waals surface area (Å²) in [6.07, 6.45) is 2.15. The third kappa shape index (κ3) is 2.19. The molecule has 11 heavy (non-hydrogen) atoms. The predicted molar refractivity (Wildman–Crippen MR) is 49.1 cm³/mol. The van der Waals surface area contributed by atoms with Gasteiger partial charge in [0.15, 0.2) is 5.51 Å². The minimum atomic E-state index is 0.992. The monoisotopic (exact) mass is 169 g/mol. The number of aromatic nitrogens is 1. The number of anilines is 1. The summed E-state index contributed by atoms with van der Waals surface area (Å²) in [6, 6.07) is 0. The molecule has 0 spiro atoms. The van der Waals surface area contributed by atoms with Crippen LogP contribution in [0.5, 0.6) is 0 Å².